The molecule has 1 atom stereocenters. The third-order valence-corrected chi connectivity index (χ3v) is 4.86. The molecule has 0 saturated carbocycles. The number of methoxy groups -OCH3 is 1. The van der Waals surface area contributed by atoms with E-state index in [4.69, 9.17) is 11.6 Å². The maximum absolute atomic E-state index is 13.9. The van der Waals surface area contributed by atoms with E-state index in [0.717, 1.165) is 13.2 Å². The van der Waals surface area contributed by atoms with Crippen LogP contribution in [-0.4, -0.2) is 27.0 Å². The number of carbonyl (C=O) groups excluding carboxylic acids is 1. The van der Waals surface area contributed by atoms with Crippen LogP contribution in [0.25, 0.3) is 0 Å². The van der Waals surface area contributed by atoms with Gasteiger partial charge in [-0.2, -0.15) is 4.72 Å². The van der Waals surface area contributed by atoms with Crippen molar-refractivity contribution < 1.29 is 22.3 Å². The number of benzene rings is 1. The molecule has 0 heterocycles. The molecule has 1 rings (SSSR count). The minimum atomic E-state index is -4.26. The van der Waals surface area contributed by atoms with Crippen LogP contribution in [0.4, 0.5) is 4.39 Å². The van der Waals surface area contributed by atoms with E-state index < -0.39 is 32.2 Å². The van der Waals surface area contributed by atoms with Crippen LogP contribution in [0.3, 0.4) is 0 Å². The summed E-state index contributed by atoms with van der Waals surface area (Å²) in [5.74, 6) is -1.80. The van der Waals surface area contributed by atoms with E-state index in [1.165, 1.54) is 19.1 Å². The number of nitrogens with one attached hydrogen (secondary N) is 1. The van der Waals surface area contributed by atoms with Gasteiger partial charge in [-0.25, -0.2) is 12.8 Å². The van der Waals surface area contributed by atoms with Crippen molar-refractivity contribution in [2.75, 3.05) is 7.11 Å². The SMILES string of the molecule is CCCC(C)(NS(=O)(=O)c1cccc(Cl)c1F)C(=O)OC. The second kappa shape index (κ2) is 6.72. The molecule has 21 heavy (non-hydrogen) atoms. The summed E-state index contributed by atoms with van der Waals surface area (Å²) in [7, 11) is -3.10. The summed E-state index contributed by atoms with van der Waals surface area (Å²) >= 11 is 5.58. The molecule has 0 aliphatic carbocycles. The number of sulfonamides is 1. The Morgan fingerprint density at radius 3 is 2.62 bits per heavy atom. The Hall–Kier alpha value is -1.18. The third kappa shape index (κ3) is 3.93. The predicted octanol–water partition coefficient (Wildman–Crippen LogP) is 2.49. The molecule has 0 aliphatic rings. The molecule has 0 fully saturated rings. The van der Waals surface area contributed by atoms with Crippen LogP contribution in [0.1, 0.15) is 26.7 Å². The molecule has 0 bridgehead atoms. The van der Waals surface area contributed by atoms with Crippen molar-refractivity contribution >= 4 is 27.6 Å². The van der Waals surface area contributed by atoms with Gasteiger partial charge in [-0.1, -0.05) is 31.0 Å². The number of esters is 1. The Kier molecular flexibility index (Phi) is 5.72. The number of ether oxygens (including phenoxy) is 1. The Bertz CT molecular complexity index is 635. The van der Waals surface area contributed by atoms with Gasteiger partial charge in [-0.15, -0.1) is 0 Å². The van der Waals surface area contributed by atoms with Crippen LogP contribution in [0, 0.1) is 5.82 Å². The average molecular weight is 338 g/mol. The summed E-state index contributed by atoms with van der Waals surface area (Å²) in [6.07, 6.45) is 0.743. The summed E-state index contributed by atoms with van der Waals surface area (Å²) in [6.45, 7) is 3.18. The van der Waals surface area contributed by atoms with Gasteiger partial charge in [0.2, 0.25) is 10.0 Å². The molecule has 0 spiro atoms. The summed E-state index contributed by atoms with van der Waals surface area (Å²) < 4.78 is 45.3. The van der Waals surface area contributed by atoms with Gasteiger partial charge in [0.05, 0.1) is 12.1 Å². The van der Waals surface area contributed by atoms with Crippen molar-refractivity contribution in [1.29, 1.82) is 0 Å². The first-order valence-electron chi connectivity index (χ1n) is 6.24. The topological polar surface area (TPSA) is 72.5 Å². The minimum absolute atomic E-state index is 0.209. The summed E-state index contributed by atoms with van der Waals surface area (Å²) in [5, 5.41) is -0.312. The maximum atomic E-state index is 13.9. The standard InChI is InChI=1S/C13H17ClFNO4S/c1-4-8-13(2,12(17)20-3)16-21(18,19)10-7-5-6-9(14)11(10)15/h5-7,16H,4,8H2,1-3H3. The van der Waals surface area contributed by atoms with Crippen LogP contribution in [0.15, 0.2) is 23.1 Å². The monoisotopic (exact) mass is 337 g/mol. The molecule has 0 amide bonds. The van der Waals surface area contributed by atoms with E-state index in [0.29, 0.717) is 6.42 Å². The lowest BCUT2D eigenvalue weighted by molar-refractivity contribution is -0.147. The Morgan fingerprint density at radius 2 is 2.10 bits per heavy atom. The lowest BCUT2D eigenvalue weighted by Crippen LogP contribution is -2.52. The molecule has 0 radical (unpaired) electrons. The highest BCUT2D eigenvalue weighted by atomic mass is 35.5. The molecular weight excluding hydrogens is 321 g/mol. The summed E-state index contributed by atoms with van der Waals surface area (Å²) in [5.41, 5.74) is -1.48. The second-order valence-electron chi connectivity index (χ2n) is 4.73. The van der Waals surface area contributed by atoms with Crippen molar-refractivity contribution in [2.45, 2.75) is 37.1 Å². The van der Waals surface area contributed by atoms with E-state index in [9.17, 15) is 17.6 Å². The normalized spacial score (nSPS) is 14.5. The number of halogens is 2. The zero-order valence-electron chi connectivity index (χ0n) is 11.9. The molecule has 1 unspecified atom stereocenters. The molecule has 0 aromatic heterocycles. The van der Waals surface area contributed by atoms with Gasteiger partial charge < -0.3 is 4.74 Å². The average Bonchev–Trinajstić information content (AvgIpc) is 2.40. The number of hydrogen-bond acceptors (Lipinski definition) is 4. The fraction of sp³-hybridized carbons (Fsp3) is 0.462. The van der Waals surface area contributed by atoms with Crippen LogP contribution in [0.5, 0.6) is 0 Å². The predicted molar refractivity (Wildman–Crippen MR) is 77.1 cm³/mol. The smallest absolute Gasteiger partial charge is 0.326 e. The lowest BCUT2D eigenvalue weighted by Gasteiger charge is -2.27. The van der Waals surface area contributed by atoms with Crippen molar-refractivity contribution in [1.82, 2.24) is 4.72 Å². The molecule has 118 valence electrons. The highest BCUT2D eigenvalue weighted by molar-refractivity contribution is 7.89. The van der Waals surface area contributed by atoms with E-state index in [2.05, 4.69) is 9.46 Å². The largest absolute Gasteiger partial charge is 0.468 e. The van der Waals surface area contributed by atoms with Gasteiger partial charge in [0.25, 0.3) is 0 Å². The first-order chi connectivity index (χ1) is 9.68. The zero-order chi connectivity index (χ0) is 16.3. The molecule has 1 N–H and O–H groups in total. The maximum Gasteiger partial charge on any atom is 0.326 e. The second-order valence-corrected chi connectivity index (χ2v) is 6.79. The summed E-state index contributed by atoms with van der Waals surface area (Å²) in [4.78, 5) is 11.2. The molecular formula is C13H17ClFNO4S. The minimum Gasteiger partial charge on any atom is -0.468 e. The fourth-order valence-electron chi connectivity index (χ4n) is 1.96. The quantitative estimate of drug-likeness (QED) is 0.809. The molecule has 0 saturated heterocycles. The van der Waals surface area contributed by atoms with Crippen LogP contribution in [0.2, 0.25) is 5.02 Å². The van der Waals surface area contributed by atoms with Crippen molar-refractivity contribution in [3.63, 3.8) is 0 Å². The van der Waals surface area contributed by atoms with Gasteiger partial charge in [0, 0.05) is 0 Å². The highest BCUT2D eigenvalue weighted by Crippen LogP contribution is 2.24. The zero-order valence-corrected chi connectivity index (χ0v) is 13.5. The summed E-state index contributed by atoms with van der Waals surface area (Å²) in [6, 6.07) is 3.63. The van der Waals surface area contributed by atoms with Gasteiger partial charge in [0.1, 0.15) is 10.4 Å². The Morgan fingerprint density at radius 1 is 1.48 bits per heavy atom. The van der Waals surface area contributed by atoms with Gasteiger partial charge in [0.15, 0.2) is 5.82 Å². The third-order valence-electron chi connectivity index (χ3n) is 2.95. The van der Waals surface area contributed by atoms with E-state index >= 15 is 0 Å². The van der Waals surface area contributed by atoms with Gasteiger partial charge in [-0.05, 0) is 25.5 Å². The van der Waals surface area contributed by atoms with Crippen molar-refractivity contribution in [3.05, 3.63) is 29.0 Å². The van der Waals surface area contributed by atoms with E-state index in [1.54, 1.807) is 6.92 Å². The molecule has 1 aromatic rings. The van der Waals surface area contributed by atoms with E-state index in [-0.39, 0.29) is 11.4 Å². The van der Waals surface area contributed by atoms with Gasteiger partial charge in [-0.3, -0.25) is 4.79 Å². The number of carbonyl (C=O) groups is 1. The van der Waals surface area contributed by atoms with Gasteiger partial charge >= 0.3 is 5.97 Å². The first-order valence-corrected chi connectivity index (χ1v) is 8.10. The number of rotatable bonds is 6. The van der Waals surface area contributed by atoms with Crippen LogP contribution < -0.4 is 4.72 Å². The highest BCUT2D eigenvalue weighted by Gasteiger charge is 2.39. The van der Waals surface area contributed by atoms with Crippen LogP contribution in [-0.2, 0) is 19.6 Å². The molecule has 1 aromatic carbocycles. The fourth-order valence-corrected chi connectivity index (χ4v) is 3.69. The lowest BCUT2D eigenvalue weighted by atomic mass is 9.98. The Labute approximate surface area is 128 Å². The van der Waals surface area contributed by atoms with Crippen LogP contribution >= 0.6 is 11.6 Å². The van der Waals surface area contributed by atoms with E-state index in [1.807, 2.05) is 0 Å². The first kappa shape index (κ1) is 17.9. The number of hydrogen-bond donors (Lipinski definition) is 1. The van der Waals surface area contributed by atoms with Crippen molar-refractivity contribution in [2.24, 2.45) is 0 Å². The molecule has 0 aliphatic heterocycles. The molecule has 5 nitrogen and oxygen atoms in total. The molecule has 8 heteroatoms. The Balaban J connectivity index is 3.24. The van der Waals surface area contributed by atoms with Crippen molar-refractivity contribution in [3.8, 4) is 0 Å².